The Morgan fingerprint density at radius 2 is 1.61 bits per heavy atom. The third-order valence-electron chi connectivity index (χ3n) is 7.72. The Hall–Kier alpha value is -4.02. The summed E-state index contributed by atoms with van der Waals surface area (Å²) in [7, 11) is 0. The van der Waals surface area contributed by atoms with E-state index in [1.165, 1.54) is 49.0 Å². The van der Waals surface area contributed by atoms with Crippen molar-refractivity contribution in [1.82, 2.24) is 4.90 Å². The van der Waals surface area contributed by atoms with Crippen LogP contribution in [-0.4, -0.2) is 29.6 Å². The van der Waals surface area contributed by atoms with Gasteiger partial charge in [-0.25, -0.2) is 0 Å². The number of fused-ring (bicyclic) bond motifs is 1. The van der Waals surface area contributed by atoms with E-state index in [4.69, 9.17) is 4.99 Å². The SMILES string of the molecule is Cc1ccccc1-c1ccc2c(c1)NC(=O)C2C(=Nc1ccc(CN2CCCCC2)cc1)c1ccccc1. The van der Waals surface area contributed by atoms with Gasteiger partial charge >= 0.3 is 0 Å². The normalized spacial score (nSPS) is 17.8. The fourth-order valence-electron chi connectivity index (χ4n) is 5.69. The molecule has 1 unspecified atom stereocenters. The fraction of sp³-hybridized carbons (Fsp3) is 0.235. The molecule has 1 amide bonds. The second-order valence-electron chi connectivity index (χ2n) is 10.4. The van der Waals surface area contributed by atoms with Crippen molar-refractivity contribution in [2.24, 2.45) is 4.99 Å². The number of aryl methyl sites for hydroxylation is 1. The summed E-state index contributed by atoms with van der Waals surface area (Å²) in [5, 5.41) is 3.14. The standard InChI is InChI=1S/C34H33N3O/c1-24-10-6-7-13-29(24)27-16-19-30-31(22-27)36-34(38)32(30)33(26-11-4-2-5-12-26)35-28-17-14-25(15-18-28)23-37-20-8-3-9-21-37/h2,4-7,10-19,22,32H,3,8-9,20-21,23H2,1H3,(H,36,38). The van der Waals surface area contributed by atoms with Crippen LogP contribution in [0.25, 0.3) is 11.1 Å². The topological polar surface area (TPSA) is 44.7 Å². The molecule has 0 bridgehead atoms. The van der Waals surface area contributed by atoms with Crippen molar-refractivity contribution in [3.05, 3.63) is 119 Å². The first-order valence-electron chi connectivity index (χ1n) is 13.6. The van der Waals surface area contributed by atoms with Crippen molar-refractivity contribution in [3.8, 4) is 11.1 Å². The molecule has 4 aromatic carbocycles. The summed E-state index contributed by atoms with van der Waals surface area (Å²) in [6, 6.07) is 33.2. The maximum atomic E-state index is 13.4. The smallest absolute Gasteiger partial charge is 0.238 e. The maximum absolute atomic E-state index is 13.4. The molecule has 4 heteroatoms. The summed E-state index contributed by atoms with van der Waals surface area (Å²) >= 11 is 0. The molecule has 0 radical (unpaired) electrons. The third-order valence-corrected chi connectivity index (χ3v) is 7.72. The minimum Gasteiger partial charge on any atom is -0.325 e. The molecule has 0 spiro atoms. The molecule has 1 N–H and O–H groups in total. The molecule has 38 heavy (non-hydrogen) atoms. The van der Waals surface area contributed by atoms with Crippen molar-refractivity contribution in [2.45, 2.75) is 38.6 Å². The fourth-order valence-corrected chi connectivity index (χ4v) is 5.69. The number of carbonyl (C=O) groups excluding carboxylic acids is 1. The zero-order valence-corrected chi connectivity index (χ0v) is 21.9. The molecule has 6 rings (SSSR count). The zero-order chi connectivity index (χ0) is 25.9. The zero-order valence-electron chi connectivity index (χ0n) is 21.9. The second kappa shape index (κ2) is 10.8. The summed E-state index contributed by atoms with van der Waals surface area (Å²) < 4.78 is 0. The lowest BCUT2D eigenvalue weighted by atomic mass is 9.89. The number of benzene rings is 4. The molecule has 0 aromatic heterocycles. The van der Waals surface area contributed by atoms with E-state index in [1.54, 1.807) is 0 Å². The van der Waals surface area contributed by atoms with Crippen molar-refractivity contribution >= 4 is 23.0 Å². The number of nitrogens with one attached hydrogen (secondary N) is 1. The highest BCUT2D eigenvalue weighted by molar-refractivity contribution is 6.24. The van der Waals surface area contributed by atoms with Crippen LogP contribution in [0.5, 0.6) is 0 Å². The Bertz CT molecular complexity index is 1470. The first kappa shape index (κ1) is 24.3. The molecule has 190 valence electrons. The molecule has 0 aliphatic carbocycles. The highest BCUT2D eigenvalue weighted by Crippen LogP contribution is 2.39. The van der Waals surface area contributed by atoms with Crippen LogP contribution in [0.3, 0.4) is 0 Å². The van der Waals surface area contributed by atoms with Crippen molar-refractivity contribution < 1.29 is 4.79 Å². The molecule has 1 atom stereocenters. The molecule has 0 saturated carbocycles. The average molecular weight is 500 g/mol. The van der Waals surface area contributed by atoms with E-state index in [-0.39, 0.29) is 5.91 Å². The van der Waals surface area contributed by atoms with Crippen LogP contribution in [-0.2, 0) is 11.3 Å². The van der Waals surface area contributed by atoms with Gasteiger partial charge in [0.25, 0.3) is 0 Å². The molecule has 2 heterocycles. The summed E-state index contributed by atoms with van der Waals surface area (Å²) in [4.78, 5) is 21.0. The minimum absolute atomic E-state index is 0.0359. The first-order valence-corrected chi connectivity index (χ1v) is 13.6. The monoisotopic (exact) mass is 499 g/mol. The van der Waals surface area contributed by atoms with Crippen LogP contribution in [0.2, 0.25) is 0 Å². The van der Waals surface area contributed by atoms with Gasteiger partial charge in [0.1, 0.15) is 5.92 Å². The maximum Gasteiger partial charge on any atom is 0.238 e. The Morgan fingerprint density at radius 3 is 2.37 bits per heavy atom. The highest BCUT2D eigenvalue weighted by Gasteiger charge is 2.35. The van der Waals surface area contributed by atoms with E-state index in [0.717, 1.165) is 40.3 Å². The third kappa shape index (κ3) is 5.05. The predicted octanol–water partition coefficient (Wildman–Crippen LogP) is 7.50. The number of amides is 1. The molecule has 2 aliphatic heterocycles. The number of likely N-dealkylation sites (tertiary alicyclic amines) is 1. The van der Waals surface area contributed by atoms with Gasteiger partial charge in [0.15, 0.2) is 0 Å². The van der Waals surface area contributed by atoms with E-state index in [0.29, 0.717) is 0 Å². The van der Waals surface area contributed by atoms with Crippen LogP contribution >= 0.6 is 0 Å². The van der Waals surface area contributed by atoms with Gasteiger partial charge in [-0.3, -0.25) is 14.7 Å². The van der Waals surface area contributed by atoms with Gasteiger partial charge in [-0.2, -0.15) is 0 Å². The Kier molecular flexibility index (Phi) is 6.89. The van der Waals surface area contributed by atoms with Gasteiger partial charge in [-0.05, 0) is 84.4 Å². The quantitative estimate of drug-likeness (QED) is 0.279. The number of anilines is 1. The van der Waals surface area contributed by atoms with Gasteiger partial charge < -0.3 is 5.32 Å². The molecular formula is C34H33N3O. The molecule has 2 aliphatic rings. The van der Waals surface area contributed by atoms with E-state index in [1.807, 2.05) is 36.4 Å². The number of piperidine rings is 1. The predicted molar refractivity (Wildman–Crippen MR) is 156 cm³/mol. The summed E-state index contributed by atoms with van der Waals surface area (Å²) in [5.41, 5.74) is 9.22. The van der Waals surface area contributed by atoms with Crippen LogP contribution in [0.4, 0.5) is 11.4 Å². The van der Waals surface area contributed by atoms with Crippen LogP contribution < -0.4 is 5.32 Å². The number of hydrogen-bond donors (Lipinski definition) is 1. The summed E-state index contributed by atoms with van der Waals surface area (Å²) in [5.74, 6) is -0.502. The molecule has 4 aromatic rings. The Balaban J connectivity index is 1.34. The lowest BCUT2D eigenvalue weighted by molar-refractivity contribution is -0.115. The Morgan fingerprint density at radius 1 is 0.868 bits per heavy atom. The number of rotatable bonds is 6. The molecule has 1 saturated heterocycles. The lowest BCUT2D eigenvalue weighted by Crippen LogP contribution is -2.28. The van der Waals surface area contributed by atoms with Gasteiger partial charge in [-0.15, -0.1) is 0 Å². The minimum atomic E-state index is -0.466. The molecular weight excluding hydrogens is 466 g/mol. The lowest BCUT2D eigenvalue weighted by Gasteiger charge is -2.26. The van der Waals surface area contributed by atoms with Crippen LogP contribution in [0, 0.1) is 6.92 Å². The van der Waals surface area contributed by atoms with Crippen LogP contribution in [0.1, 0.15) is 47.4 Å². The largest absolute Gasteiger partial charge is 0.325 e. The highest BCUT2D eigenvalue weighted by atomic mass is 16.2. The van der Waals surface area contributed by atoms with E-state index in [9.17, 15) is 4.79 Å². The first-order chi connectivity index (χ1) is 18.7. The number of nitrogens with zero attached hydrogens (tertiary/aromatic N) is 2. The van der Waals surface area contributed by atoms with Crippen molar-refractivity contribution in [1.29, 1.82) is 0 Å². The molecule has 1 fully saturated rings. The van der Waals surface area contributed by atoms with Gasteiger partial charge in [0.05, 0.1) is 11.4 Å². The summed E-state index contributed by atoms with van der Waals surface area (Å²) in [6.07, 6.45) is 3.93. The Labute approximate surface area is 225 Å². The number of hydrogen-bond acceptors (Lipinski definition) is 3. The van der Waals surface area contributed by atoms with Crippen molar-refractivity contribution in [2.75, 3.05) is 18.4 Å². The average Bonchev–Trinajstić information content (AvgIpc) is 3.28. The van der Waals surface area contributed by atoms with Gasteiger partial charge in [-0.1, -0.05) is 85.3 Å². The van der Waals surface area contributed by atoms with E-state index < -0.39 is 5.92 Å². The van der Waals surface area contributed by atoms with E-state index in [2.05, 4.69) is 77.8 Å². The molecule has 4 nitrogen and oxygen atoms in total. The van der Waals surface area contributed by atoms with E-state index >= 15 is 0 Å². The van der Waals surface area contributed by atoms with Crippen LogP contribution in [0.15, 0.2) is 102 Å². The van der Waals surface area contributed by atoms with Crippen molar-refractivity contribution in [3.63, 3.8) is 0 Å². The number of carbonyl (C=O) groups is 1. The van der Waals surface area contributed by atoms with Gasteiger partial charge in [0, 0.05) is 12.2 Å². The summed E-state index contributed by atoms with van der Waals surface area (Å²) in [6.45, 7) is 5.46. The van der Waals surface area contributed by atoms with Gasteiger partial charge in [0.2, 0.25) is 5.91 Å². The number of aliphatic imine (C=N–C) groups is 1. The second-order valence-corrected chi connectivity index (χ2v) is 10.4.